The van der Waals surface area contributed by atoms with E-state index in [1.54, 1.807) is 4.90 Å². The predicted molar refractivity (Wildman–Crippen MR) is 190 cm³/mol. The number of fused-ring (bicyclic) bond motifs is 2. The number of benzene rings is 1. The van der Waals surface area contributed by atoms with Gasteiger partial charge in [-0.2, -0.15) is 0 Å². The summed E-state index contributed by atoms with van der Waals surface area (Å²) < 4.78 is 0.556. The van der Waals surface area contributed by atoms with Crippen LogP contribution in [0.1, 0.15) is 56.1 Å². The van der Waals surface area contributed by atoms with Crippen molar-refractivity contribution in [1.29, 1.82) is 0 Å². The number of nitrogen functional groups attached to an aromatic ring is 1. The number of aliphatic carboxylic acids is 2. The Labute approximate surface area is 311 Å². The highest BCUT2D eigenvalue weighted by Gasteiger charge is 2.57. The minimum absolute atomic E-state index is 0.000373. The van der Waals surface area contributed by atoms with E-state index in [0.717, 1.165) is 30.7 Å². The normalized spacial score (nSPS) is 26.1. The molecule has 1 aromatic carbocycles. The highest BCUT2D eigenvalue weighted by atomic mass is 35.5. The third-order valence-corrected chi connectivity index (χ3v) is 12.7. The van der Waals surface area contributed by atoms with Crippen LogP contribution in [-0.2, 0) is 24.0 Å². The number of oxime groups is 1. The van der Waals surface area contributed by atoms with Gasteiger partial charge in [0, 0.05) is 41.0 Å². The first kappa shape index (κ1) is 37.4. The summed E-state index contributed by atoms with van der Waals surface area (Å²) in [5.74, 6) is -5.94. The van der Waals surface area contributed by atoms with Crippen molar-refractivity contribution < 1.29 is 53.7 Å². The molecular formula is C33H38ClN6O10S2+. The van der Waals surface area contributed by atoms with Crippen molar-refractivity contribution in [3.63, 3.8) is 0 Å². The van der Waals surface area contributed by atoms with E-state index in [0.29, 0.717) is 36.2 Å². The number of β-lactam (4-membered cyclic amide) rings is 1. The first-order valence-corrected chi connectivity index (χ1v) is 18.7. The highest BCUT2D eigenvalue weighted by Crippen LogP contribution is 2.49. The van der Waals surface area contributed by atoms with Crippen molar-refractivity contribution >= 4 is 75.1 Å². The molecule has 0 bridgehead atoms. The number of nitrogens with zero attached hydrogens (tertiary/aromatic N) is 5. The lowest BCUT2D eigenvalue weighted by Crippen LogP contribution is -2.66. The molecule has 4 aliphatic rings. The van der Waals surface area contributed by atoms with Crippen LogP contribution in [0.15, 0.2) is 33.9 Å². The number of carboxylic acid groups (broad SMARTS) is 2. The van der Waals surface area contributed by atoms with Gasteiger partial charge in [-0.15, -0.1) is 23.1 Å². The summed E-state index contributed by atoms with van der Waals surface area (Å²) in [6.07, 6.45) is 1.33. The van der Waals surface area contributed by atoms with Gasteiger partial charge in [0.1, 0.15) is 24.0 Å². The number of nitrogens with two attached hydrogens (primary N) is 1. The Bertz CT molecular complexity index is 1910. The third-order valence-electron chi connectivity index (χ3n) is 10.3. The number of phenolic OH excluding ortho intramolecular Hbond substituents is 2. The van der Waals surface area contributed by atoms with Crippen molar-refractivity contribution in [2.75, 3.05) is 38.5 Å². The molecule has 0 spiro atoms. The molecule has 2 amide bonds. The van der Waals surface area contributed by atoms with Gasteiger partial charge in [-0.05, 0) is 32.9 Å². The molecule has 6 N–H and O–H groups in total. The van der Waals surface area contributed by atoms with Crippen LogP contribution in [0.5, 0.6) is 11.5 Å². The Kier molecular flexibility index (Phi) is 9.97. The Morgan fingerprint density at radius 3 is 2.56 bits per heavy atom. The molecule has 3 saturated heterocycles. The van der Waals surface area contributed by atoms with E-state index in [1.165, 1.54) is 48.0 Å². The first-order valence-electron chi connectivity index (χ1n) is 16.5. The number of thioether (sulfide) groups is 1. The average molecular weight is 778 g/mol. The summed E-state index contributed by atoms with van der Waals surface area (Å²) in [5, 5.41) is 44.1. The number of hydrogen-bond donors (Lipinski definition) is 5. The summed E-state index contributed by atoms with van der Waals surface area (Å²) in [6, 6.07) is 2.49. The molecule has 52 heavy (non-hydrogen) atoms. The number of aromatic nitrogens is 1. The number of carbonyl (C=O) groups excluding carboxylic acids is 3. The lowest BCUT2D eigenvalue weighted by atomic mass is 9.88. The number of ketones is 1. The van der Waals surface area contributed by atoms with Gasteiger partial charge in [0.25, 0.3) is 5.91 Å². The fourth-order valence-electron chi connectivity index (χ4n) is 7.34. The smallest absolute Gasteiger partial charge is 0.352 e. The summed E-state index contributed by atoms with van der Waals surface area (Å²) >= 11 is 8.44. The zero-order valence-electron chi connectivity index (χ0n) is 28.4. The van der Waals surface area contributed by atoms with Crippen LogP contribution in [0.4, 0.5) is 5.13 Å². The highest BCUT2D eigenvalue weighted by molar-refractivity contribution is 8.00. The van der Waals surface area contributed by atoms with E-state index in [1.807, 2.05) is 6.92 Å². The molecule has 19 heteroatoms. The molecule has 2 aromatic rings. The third kappa shape index (κ3) is 6.68. The van der Waals surface area contributed by atoms with Gasteiger partial charge in [0.15, 0.2) is 28.1 Å². The second-order valence-electron chi connectivity index (χ2n) is 13.9. The largest absolute Gasteiger partial charge is 0.504 e. The van der Waals surface area contributed by atoms with Gasteiger partial charge in [-0.25, -0.2) is 14.6 Å². The van der Waals surface area contributed by atoms with Crippen LogP contribution in [0.2, 0.25) is 5.02 Å². The number of amides is 2. The van der Waals surface area contributed by atoms with Crippen molar-refractivity contribution in [2.24, 2.45) is 11.1 Å². The molecule has 0 radical (unpaired) electrons. The number of hydrogen-bond acceptors (Lipinski definition) is 13. The molecule has 5 heterocycles. The van der Waals surface area contributed by atoms with Gasteiger partial charge in [0.2, 0.25) is 11.5 Å². The molecule has 0 aliphatic carbocycles. The van der Waals surface area contributed by atoms with E-state index >= 15 is 0 Å². The van der Waals surface area contributed by atoms with E-state index in [9.17, 15) is 44.4 Å². The summed E-state index contributed by atoms with van der Waals surface area (Å²) in [6.45, 7) is 6.85. The zero-order chi connectivity index (χ0) is 37.9. The number of Topliss-reactive ketones (excluding diaryl/α,β-unsaturated/α-hetero) is 1. The van der Waals surface area contributed by atoms with Gasteiger partial charge in [-0.1, -0.05) is 16.8 Å². The van der Waals surface area contributed by atoms with Gasteiger partial charge in [-0.3, -0.25) is 19.3 Å². The van der Waals surface area contributed by atoms with E-state index in [2.05, 4.69) is 10.1 Å². The van der Waals surface area contributed by atoms with E-state index in [4.69, 9.17) is 22.2 Å². The molecule has 6 rings (SSSR count). The maximum atomic E-state index is 13.7. The Morgan fingerprint density at radius 2 is 1.92 bits per heavy atom. The van der Waals surface area contributed by atoms with Crippen LogP contribution in [-0.4, -0.2) is 130 Å². The quantitative estimate of drug-likeness (QED) is 0.0727. The number of rotatable bonds is 11. The van der Waals surface area contributed by atoms with Crippen molar-refractivity contribution in [2.45, 2.75) is 62.3 Å². The maximum absolute atomic E-state index is 13.7. The zero-order valence-corrected chi connectivity index (χ0v) is 30.8. The number of thiazole rings is 1. The molecule has 278 valence electrons. The molecule has 4 aliphatic heterocycles. The fourth-order valence-corrected chi connectivity index (χ4v) is 9.61. The van der Waals surface area contributed by atoms with E-state index < -0.39 is 52.0 Å². The van der Waals surface area contributed by atoms with E-state index in [-0.39, 0.29) is 56.4 Å². The molecule has 16 nitrogen and oxygen atoms in total. The lowest BCUT2D eigenvalue weighted by molar-refractivity contribution is -0.938. The average Bonchev–Trinajstić information content (AvgIpc) is 3.71. The second-order valence-corrected chi connectivity index (χ2v) is 16.7. The summed E-state index contributed by atoms with van der Waals surface area (Å²) in [4.78, 5) is 77.4. The molecule has 3 fully saturated rings. The fraction of sp³-hybridized carbons (Fsp3) is 0.485. The van der Waals surface area contributed by atoms with Gasteiger partial charge >= 0.3 is 11.9 Å². The minimum atomic E-state index is -1.77. The van der Waals surface area contributed by atoms with Crippen molar-refractivity contribution in [1.82, 2.24) is 14.8 Å². The Balaban J connectivity index is 1.21. The SMILES string of the molecule is C[C@@H]1S[C@@H]2[C@H](CC(=O)/C(=N\OC(C)(C)C(=O)O)c3csc(N)n3)C(=O)N2C(C(=O)O)=C1C[N+]12CCC[C@H]1CN(C(=O)c1cc(O)c(O)c(Cl)c1)CC2. The predicted octanol–water partition coefficient (Wildman–Crippen LogP) is 2.73. The van der Waals surface area contributed by atoms with Crippen molar-refractivity contribution in [3.8, 4) is 11.5 Å². The molecule has 1 unspecified atom stereocenters. The minimum Gasteiger partial charge on any atom is -0.504 e. The number of phenols is 2. The number of carboxylic acids is 2. The molecular weight excluding hydrogens is 740 g/mol. The lowest BCUT2D eigenvalue weighted by Gasteiger charge is -2.53. The number of halogens is 1. The molecule has 5 atom stereocenters. The number of carbonyl (C=O) groups is 5. The first-order chi connectivity index (χ1) is 24.4. The number of quaternary nitrogens is 1. The monoisotopic (exact) mass is 777 g/mol. The standard InChI is InChI=1S/C33H37ClN6O10S2/c1-15-19(13-40-7-4-5-17(40)12-38(6-8-40)27(44)16-9-20(34)26(43)23(42)10-16)25(30(46)47)39-28(45)18(29(39)52-15)11-22(41)24(21-14-51-32(35)36-21)37-50-33(2,3)31(48)49/h9-10,14-15,17-18,29H,4-8,11-13H2,1-3H3,(H5-,35,36,37,41,42,43,44,46,47,48,49)/p+1/t15-,17-,18+,29+,40?/m0/s1. The van der Waals surface area contributed by atoms with Crippen LogP contribution in [0, 0.1) is 5.92 Å². The Hall–Kier alpha value is -4.39. The van der Waals surface area contributed by atoms with Gasteiger partial charge in [0.05, 0.1) is 42.5 Å². The topological polar surface area (TPSA) is 233 Å². The molecule has 1 aromatic heterocycles. The van der Waals surface area contributed by atoms with Crippen LogP contribution < -0.4 is 5.73 Å². The number of aromatic hydroxyl groups is 2. The van der Waals surface area contributed by atoms with Crippen molar-refractivity contribution in [3.05, 3.63) is 45.1 Å². The summed E-state index contributed by atoms with van der Waals surface area (Å²) in [5.41, 5.74) is 4.43. The Morgan fingerprint density at radius 1 is 1.19 bits per heavy atom. The van der Waals surface area contributed by atoms with Crippen LogP contribution in [0.25, 0.3) is 0 Å². The van der Waals surface area contributed by atoms with Crippen LogP contribution >= 0.6 is 34.7 Å². The number of anilines is 1. The summed E-state index contributed by atoms with van der Waals surface area (Å²) in [7, 11) is 0. The number of piperazine rings is 1. The second kappa shape index (κ2) is 13.9. The van der Waals surface area contributed by atoms with Gasteiger partial charge < -0.3 is 40.4 Å². The maximum Gasteiger partial charge on any atom is 0.352 e. The molecule has 0 saturated carbocycles. The van der Waals surface area contributed by atoms with Crippen LogP contribution in [0.3, 0.4) is 0 Å².